The molecule has 0 radical (unpaired) electrons. The highest BCUT2D eigenvalue weighted by Gasteiger charge is 2.24. The minimum atomic E-state index is -0.163. The van der Waals surface area contributed by atoms with Crippen LogP contribution in [0.2, 0.25) is 0 Å². The van der Waals surface area contributed by atoms with E-state index in [0.717, 1.165) is 27.8 Å². The van der Waals surface area contributed by atoms with Gasteiger partial charge in [0.2, 0.25) is 13.1 Å². The van der Waals surface area contributed by atoms with Gasteiger partial charge in [0.1, 0.15) is 0 Å². The smallest absolute Gasteiger partial charge is 0.365 e. The molecule has 2 heterocycles. The minimum Gasteiger partial charge on any atom is -0.858 e. The van der Waals surface area contributed by atoms with Gasteiger partial charge in [0, 0.05) is 24.3 Å². The predicted octanol–water partition coefficient (Wildman–Crippen LogP) is 6.01. The van der Waals surface area contributed by atoms with Crippen LogP contribution in [0.25, 0.3) is 11.1 Å². The maximum atomic E-state index is 13.1. The number of nitrogens with zero attached hydrogens (tertiary/aromatic N) is 3. The molecular weight excluding hydrogens is 617 g/mol. The lowest BCUT2D eigenvalue weighted by atomic mass is 9.79. The van der Waals surface area contributed by atoms with E-state index in [1.54, 1.807) is 0 Å². The monoisotopic (exact) mass is 676 g/mol. The summed E-state index contributed by atoms with van der Waals surface area (Å²) in [6.07, 6.45) is 8.21. The van der Waals surface area contributed by atoms with E-state index < -0.39 is 0 Å². The number of hydrogen-bond acceptors (Lipinski definition) is 2. The molecule has 2 N–H and O–H groups in total. The molecule has 0 fully saturated rings. The van der Waals surface area contributed by atoms with Crippen LogP contribution in [0.5, 0.6) is 0 Å². The zero-order valence-electron chi connectivity index (χ0n) is 32.6. The highest BCUT2D eigenvalue weighted by molar-refractivity contribution is 5.91. The maximum Gasteiger partial charge on any atom is 0.365 e. The highest BCUT2D eigenvalue weighted by atomic mass is 16.3. The first-order valence-electron chi connectivity index (χ1n) is 17.9. The molecule has 0 saturated heterocycles. The van der Waals surface area contributed by atoms with Gasteiger partial charge in [-0.25, -0.2) is 9.56 Å². The van der Waals surface area contributed by atoms with Gasteiger partial charge in [-0.15, -0.1) is 0 Å². The van der Waals surface area contributed by atoms with Crippen molar-refractivity contribution in [2.75, 3.05) is 13.1 Å². The summed E-state index contributed by atoms with van der Waals surface area (Å²) >= 11 is 0. The summed E-state index contributed by atoms with van der Waals surface area (Å²) in [6, 6.07) is 21.1. The molecule has 0 bridgehead atoms. The lowest BCUT2D eigenvalue weighted by molar-refractivity contribution is -0.718. The SMILES string of the molecule is CC(C)(C)c1cc(C([O-])=NCC[n+]2ccc(-c3cc[n+](CC[NH+]=C(O)c4cc(C(C)(C)C)cc(C(C)(C)C)c4)cc3)cc2)cc(C(C)(C)C)c1. The van der Waals surface area contributed by atoms with Crippen LogP contribution >= 0.6 is 0 Å². The van der Waals surface area contributed by atoms with Crippen molar-refractivity contribution in [1.29, 1.82) is 0 Å². The van der Waals surface area contributed by atoms with E-state index in [1.165, 1.54) is 11.1 Å². The Labute approximate surface area is 301 Å². The number of aromatic nitrogens is 2. The quantitative estimate of drug-likeness (QED) is 0.130. The van der Waals surface area contributed by atoms with Gasteiger partial charge >= 0.3 is 5.90 Å². The summed E-state index contributed by atoms with van der Waals surface area (Å²) in [4.78, 5) is 7.65. The van der Waals surface area contributed by atoms with Crippen LogP contribution in [0, 0.1) is 0 Å². The molecule has 266 valence electrons. The molecule has 0 aliphatic rings. The fourth-order valence-corrected chi connectivity index (χ4v) is 5.61. The van der Waals surface area contributed by atoms with Gasteiger partial charge in [0.05, 0.1) is 12.1 Å². The molecule has 0 saturated carbocycles. The summed E-state index contributed by atoms with van der Waals surface area (Å²) in [5, 5.41) is 24.1. The second-order valence-electron chi connectivity index (χ2n) is 17.7. The summed E-state index contributed by atoms with van der Waals surface area (Å²) < 4.78 is 4.17. The molecule has 4 aromatic rings. The normalized spacial score (nSPS) is 13.5. The maximum absolute atomic E-state index is 13.1. The highest BCUT2D eigenvalue weighted by Crippen LogP contribution is 2.31. The van der Waals surface area contributed by atoms with Crippen LogP contribution in [0.1, 0.15) is 116 Å². The molecule has 6 nitrogen and oxygen atoms in total. The van der Waals surface area contributed by atoms with Crippen molar-refractivity contribution in [2.24, 2.45) is 4.99 Å². The fraction of sp³-hybridized carbons (Fsp3) is 0.455. The molecule has 50 heavy (non-hydrogen) atoms. The first kappa shape index (κ1) is 38.5. The van der Waals surface area contributed by atoms with Crippen LogP contribution in [0.3, 0.4) is 0 Å². The van der Waals surface area contributed by atoms with Gasteiger partial charge in [0.15, 0.2) is 31.3 Å². The van der Waals surface area contributed by atoms with Crippen molar-refractivity contribution in [1.82, 2.24) is 0 Å². The summed E-state index contributed by atoms with van der Waals surface area (Å²) in [6.45, 7) is 28.6. The van der Waals surface area contributed by atoms with E-state index in [-0.39, 0.29) is 33.5 Å². The van der Waals surface area contributed by atoms with E-state index in [9.17, 15) is 10.2 Å². The molecule has 0 amide bonds. The molecule has 0 atom stereocenters. The molecular formula is C44H60N4O2+2. The fourth-order valence-electron chi connectivity index (χ4n) is 5.61. The Morgan fingerprint density at radius 2 is 0.940 bits per heavy atom. The van der Waals surface area contributed by atoms with Crippen molar-refractivity contribution < 1.29 is 24.3 Å². The first-order chi connectivity index (χ1) is 23.1. The Hall–Kier alpha value is -4.32. The van der Waals surface area contributed by atoms with E-state index in [0.29, 0.717) is 31.7 Å². The molecule has 6 heteroatoms. The molecule has 0 aliphatic carbocycles. The van der Waals surface area contributed by atoms with E-state index in [1.807, 2.05) is 24.5 Å². The number of aliphatic hydroxyl groups excluding tert-OH is 1. The number of nitrogens with one attached hydrogen (secondary N) is 1. The van der Waals surface area contributed by atoms with Gasteiger partial charge in [-0.2, -0.15) is 4.57 Å². The van der Waals surface area contributed by atoms with Crippen LogP contribution in [0.15, 0.2) is 90.4 Å². The predicted molar refractivity (Wildman–Crippen MR) is 204 cm³/mol. The van der Waals surface area contributed by atoms with Gasteiger partial charge in [-0.05, 0) is 78.6 Å². The third kappa shape index (κ3) is 10.3. The Kier molecular flexibility index (Phi) is 11.5. The number of pyridine rings is 2. The molecule has 2 aromatic carbocycles. The lowest BCUT2D eigenvalue weighted by Gasteiger charge is -2.27. The molecule has 0 spiro atoms. The zero-order chi connectivity index (χ0) is 37.1. The Bertz CT molecular complexity index is 1620. The van der Waals surface area contributed by atoms with Crippen LogP contribution in [-0.4, -0.2) is 30.0 Å². The molecule has 2 aromatic heterocycles. The number of aliphatic imine (C=N–C) groups is 1. The van der Waals surface area contributed by atoms with Gasteiger partial charge in [-0.1, -0.05) is 107 Å². The molecule has 0 unspecified atom stereocenters. The van der Waals surface area contributed by atoms with E-state index >= 15 is 0 Å². The lowest BCUT2D eigenvalue weighted by Crippen LogP contribution is -2.75. The van der Waals surface area contributed by atoms with Crippen molar-refractivity contribution >= 4 is 11.8 Å². The topological polar surface area (TPSA) is 77.4 Å². The van der Waals surface area contributed by atoms with Crippen molar-refractivity contribution in [3.05, 3.63) is 119 Å². The van der Waals surface area contributed by atoms with E-state index in [2.05, 4.69) is 163 Å². The second kappa shape index (κ2) is 14.9. The Morgan fingerprint density at radius 1 is 0.580 bits per heavy atom. The third-order valence-electron chi connectivity index (χ3n) is 9.24. The van der Waals surface area contributed by atoms with Gasteiger partial charge < -0.3 is 10.2 Å². The number of aliphatic hydroxyl groups is 1. The third-order valence-corrected chi connectivity index (χ3v) is 9.24. The molecule has 0 aliphatic heterocycles. The largest absolute Gasteiger partial charge is 0.858 e. The van der Waals surface area contributed by atoms with Crippen molar-refractivity contribution in [2.45, 2.75) is 118 Å². The van der Waals surface area contributed by atoms with Crippen molar-refractivity contribution in [3.8, 4) is 11.1 Å². The average molecular weight is 677 g/mol. The Balaban J connectivity index is 1.37. The van der Waals surface area contributed by atoms with Crippen molar-refractivity contribution in [3.63, 3.8) is 0 Å². The number of hydrogen-bond donors (Lipinski definition) is 2. The first-order valence-corrected chi connectivity index (χ1v) is 17.9. The second-order valence-corrected chi connectivity index (χ2v) is 17.7. The summed E-state index contributed by atoms with van der Waals surface area (Å²) in [7, 11) is 0. The van der Waals surface area contributed by atoms with Gasteiger partial charge in [0.25, 0.3) is 0 Å². The standard InChI is InChI=1S/C44H58N4O2/c1-41(2,3)35-25-33(26-36(29-35)42(4,5)6)39(49)45-17-23-47-19-13-31(14-20-47)32-15-21-48(22-16-32)24-18-46-40(50)34-27-37(43(7,8)9)30-38(28-34)44(10,11)12/h13-16,19-22,25-30H,17-18,23-24H2,1-12H3/p+2. The van der Waals surface area contributed by atoms with E-state index in [4.69, 9.17) is 0 Å². The van der Waals surface area contributed by atoms with Crippen LogP contribution in [-0.2, 0) is 34.7 Å². The summed E-state index contributed by atoms with van der Waals surface area (Å²) in [5.74, 6) is 0.0436. The van der Waals surface area contributed by atoms with Crippen LogP contribution in [0.4, 0.5) is 0 Å². The van der Waals surface area contributed by atoms with Crippen LogP contribution < -0.4 is 19.2 Å². The minimum absolute atomic E-state index is 0.0142. The average Bonchev–Trinajstić information content (AvgIpc) is 3.03. The van der Waals surface area contributed by atoms with Gasteiger partial charge in [-0.3, -0.25) is 4.99 Å². The zero-order valence-corrected chi connectivity index (χ0v) is 32.6. The molecule has 4 rings (SSSR count). The summed E-state index contributed by atoms with van der Waals surface area (Å²) in [5.41, 5.74) is 8.32. The Morgan fingerprint density at radius 3 is 1.32 bits per heavy atom. The number of benzene rings is 2. The number of rotatable bonds is 9.